The van der Waals surface area contributed by atoms with Gasteiger partial charge in [0.2, 0.25) is 0 Å². The van der Waals surface area contributed by atoms with Gasteiger partial charge in [-0.25, -0.2) is 0 Å². The van der Waals surface area contributed by atoms with Crippen molar-refractivity contribution in [2.45, 2.75) is 46.5 Å². The molecular formula is C16H27N. The van der Waals surface area contributed by atoms with E-state index in [4.69, 9.17) is 5.73 Å². The summed E-state index contributed by atoms with van der Waals surface area (Å²) in [6.45, 7) is 9.80. The molecule has 1 unspecified atom stereocenters. The number of benzene rings is 1. The van der Waals surface area contributed by atoms with Gasteiger partial charge in [0, 0.05) is 0 Å². The molecule has 2 N–H and O–H groups in total. The predicted octanol–water partition coefficient (Wildman–Crippen LogP) is 3.97. The molecule has 0 radical (unpaired) electrons. The quantitative estimate of drug-likeness (QED) is 0.790. The first-order valence-corrected chi connectivity index (χ1v) is 6.81. The summed E-state index contributed by atoms with van der Waals surface area (Å²) in [7, 11) is 0. The van der Waals surface area contributed by atoms with E-state index in [-0.39, 0.29) is 0 Å². The van der Waals surface area contributed by atoms with Crippen molar-refractivity contribution in [3.8, 4) is 0 Å². The Hall–Kier alpha value is -0.820. The topological polar surface area (TPSA) is 26.0 Å². The summed E-state index contributed by atoms with van der Waals surface area (Å²) >= 11 is 0. The number of rotatable bonds is 6. The zero-order chi connectivity index (χ0) is 12.8. The molecule has 1 nitrogen and oxygen atoms in total. The summed E-state index contributed by atoms with van der Waals surface area (Å²) in [5, 5.41) is 0. The van der Waals surface area contributed by atoms with Gasteiger partial charge < -0.3 is 5.73 Å². The zero-order valence-electron chi connectivity index (χ0n) is 11.7. The zero-order valence-corrected chi connectivity index (χ0v) is 11.7. The minimum absolute atomic E-state index is 0.616. The molecule has 0 fully saturated rings. The lowest BCUT2D eigenvalue weighted by Gasteiger charge is -2.17. The Morgan fingerprint density at radius 2 is 1.59 bits per heavy atom. The second-order valence-electron chi connectivity index (χ2n) is 5.83. The summed E-state index contributed by atoms with van der Waals surface area (Å²) in [5.74, 6) is 1.98. The van der Waals surface area contributed by atoms with Crippen molar-refractivity contribution in [2.75, 3.05) is 6.54 Å². The van der Waals surface area contributed by atoms with Crippen molar-refractivity contribution in [2.24, 2.45) is 17.6 Å². The van der Waals surface area contributed by atoms with Crippen molar-refractivity contribution in [1.29, 1.82) is 0 Å². The van der Waals surface area contributed by atoms with Crippen molar-refractivity contribution in [1.82, 2.24) is 0 Å². The van der Waals surface area contributed by atoms with Gasteiger partial charge in [0.15, 0.2) is 0 Å². The van der Waals surface area contributed by atoms with Crippen LogP contribution in [0.15, 0.2) is 24.3 Å². The van der Waals surface area contributed by atoms with Crippen LogP contribution in [0.2, 0.25) is 0 Å². The molecule has 0 aliphatic heterocycles. The highest BCUT2D eigenvalue weighted by Crippen LogP contribution is 2.19. The smallest absolute Gasteiger partial charge is 0.00456 e. The lowest BCUT2D eigenvalue weighted by atomic mass is 9.90. The first-order chi connectivity index (χ1) is 8.02. The van der Waals surface area contributed by atoms with Gasteiger partial charge in [-0.1, -0.05) is 52.0 Å². The third-order valence-electron chi connectivity index (χ3n) is 3.31. The van der Waals surface area contributed by atoms with E-state index in [9.17, 15) is 0 Å². The molecule has 1 rings (SSSR count). The molecule has 0 heterocycles. The molecular weight excluding hydrogens is 206 g/mol. The van der Waals surface area contributed by atoms with E-state index in [1.54, 1.807) is 0 Å². The Bertz CT molecular complexity index is 311. The van der Waals surface area contributed by atoms with Gasteiger partial charge in [-0.2, -0.15) is 0 Å². The largest absolute Gasteiger partial charge is 0.330 e. The van der Waals surface area contributed by atoms with Crippen LogP contribution in [0, 0.1) is 11.8 Å². The molecule has 0 bridgehead atoms. The lowest BCUT2D eigenvalue weighted by Crippen LogP contribution is -2.18. The van der Waals surface area contributed by atoms with Crippen LogP contribution in [-0.2, 0) is 6.42 Å². The predicted molar refractivity (Wildman–Crippen MR) is 76.2 cm³/mol. The molecule has 0 saturated carbocycles. The Morgan fingerprint density at radius 3 is 2.00 bits per heavy atom. The second-order valence-corrected chi connectivity index (χ2v) is 5.83. The number of hydrogen-bond donors (Lipinski definition) is 1. The molecule has 1 aromatic carbocycles. The van der Waals surface area contributed by atoms with Crippen LogP contribution < -0.4 is 5.73 Å². The molecule has 96 valence electrons. The van der Waals surface area contributed by atoms with Crippen LogP contribution in [0.1, 0.15) is 51.2 Å². The van der Waals surface area contributed by atoms with Gasteiger partial charge in [0.25, 0.3) is 0 Å². The number of hydrogen-bond acceptors (Lipinski definition) is 1. The van der Waals surface area contributed by atoms with Gasteiger partial charge in [0.1, 0.15) is 0 Å². The Kier molecular flexibility index (Phi) is 5.70. The van der Waals surface area contributed by atoms with Crippen molar-refractivity contribution in [3.63, 3.8) is 0 Å². The summed E-state index contributed by atoms with van der Waals surface area (Å²) in [6.07, 6.45) is 2.34. The third kappa shape index (κ3) is 4.91. The highest BCUT2D eigenvalue weighted by molar-refractivity contribution is 5.25. The van der Waals surface area contributed by atoms with Crippen LogP contribution in [0.4, 0.5) is 0 Å². The van der Waals surface area contributed by atoms with Gasteiger partial charge in [-0.3, -0.25) is 0 Å². The summed E-state index contributed by atoms with van der Waals surface area (Å²) in [6, 6.07) is 9.03. The maximum absolute atomic E-state index is 5.85. The average Bonchev–Trinajstić information content (AvgIpc) is 2.28. The number of nitrogens with two attached hydrogens (primary N) is 1. The molecule has 1 atom stereocenters. The summed E-state index contributed by atoms with van der Waals surface area (Å²) < 4.78 is 0. The first-order valence-electron chi connectivity index (χ1n) is 6.81. The van der Waals surface area contributed by atoms with E-state index in [1.165, 1.54) is 17.5 Å². The molecule has 0 aromatic heterocycles. The summed E-state index contributed by atoms with van der Waals surface area (Å²) in [5.41, 5.74) is 8.69. The van der Waals surface area contributed by atoms with Crippen LogP contribution in [0.3, 0.4) is 0 Å². The molecule has 1 heteroatoms. The van der Waals surface area contributed by atoms with Gasteiger partial charge in [-0.15, -0.1) is 0 Å². The molecule has 0 aliphatic rings. The van der Waals surface area contributed by atoms with E-state index in [0.29, 0.717) is 11.8 Å². The second kappa shape index (κ2) is 6.80. The normalized spacial score (nSPS) is 13.4. The standard InChI is InChI=1S/C16H27N/c1-12(2)9-15(11-17)10-14-5-7-16(8-6-14)13(3)4/h5-8,12-13,15H,9-11,17H2,1-4H3. The third-order valence-corrected chi connectivity index (χ3v) is 3.31. The van der Waals surface area contributed by atoms with Crippen molar-refractivity contribution in [3.05, 3.63) is 35.4 Å². The molecule has 0 amide bonds. The van der Waals surface area contributed by atoms with Crippen molar-refractivity contribution < 1.29 is 0 Å². The molecule has 17 heavy (non-hydrogen) atoms. The van der Waals surface area contributed by atoms with Crippen LogP contribution in [0.5, 0.6) is 0 Å². The fourth-order valence-electron chi connectivity index (χ4n) is 2.30. The first kappa shape index (κ1) is 14.2. The maximum Gasteiger partial charge on any atom is -0.00456 e. The maximum atomic E-state index is 5.85. The van der Waals surface area contributed by atoms with E-state index < -0.39 is 0 Å². The minimum atomic E-state index is 0.616. The summed E-state index contributed by atoms with van der Waals surface area (Å²) in [4.78, 5) is 0. The minimum Gasteiger partial charge on any atom is -0.330 e. The van der Waals surface area contributed by atoms with E-state index in [0.717, 1.165) is 18.9 Å². The van der Waals surface area contributed by atoms with E-state index >= 15 is 0 Å². The highest BCUT2D eigenvalue weighted by Gasteiger charge is 2.10. The highest BCUT2D eigenvalue weighted by atomic mass is 14.5. The van der Waals surface area contributed by atoms with Crippen LogP contribution in [-0.4, -0.2) is 6.54 Å². The average molecular weight is 233 g/mol. The lowest BCUT2D eigenvalue weighted by molar-refractivity contribution is 0.415. The van der Waals surface area contributed by atoms with Gasteiger partial charge >= 0.3 is 0 Å². The molecule has 0 saturated heterocycles. The SMILES string of the molecule is CC(C)CC(CN)Cc1ccc(C(C)C)cc1. The Morgan fingerprint density at radius 1 is 1.00 bits per heavy atom. The monoisotopic (exact) mass is 233 g/mol. The van der Waals surface area contributed by atoms with Crippen LogP contribution in [0.25, 0.3) is 0 Å². The Labute approximate surface area is 106 Å². The van der Waals surface area contributed by atoms with Gasteiger partial charge in [-0.05, 0) is 48.3 Å². The van der Waals surface area contributed by atoms with Gasteiger partial charge in [0.05, 0.1) is 0 Å². The van der Waals surface area contributed by atoms with Crippen molar-refractivity contribution >= 4 is 0 Å². The fraction of sp³-hybridized carbons (Fsp3) is 0.625. The molecule has 0 spiro atoms. The molecule has 0 aliphatic carbocycles. The van der Waals surface area contributed by atoms with Crippen LogP contribution >= 0.6 is 0 Å². The molecule has 1 aromatic rings. The van der Waals surface area contributed by atoms with E-state index in [2.05, 4.69) is 52.0 Å². The fourth-order valence-corrected chi connectivity index (χ4v) is 2.30. The van der Waals surface area contributed by atoms with E-state index in [1.807, 2.05) is 0 Å². The Balaban J connectivity index is 2.61.